The van der Waals surface area contributed by atoms with Crippen LogP contribution in [0.1, 0.15) is 13.8 Å². The van der Waals surface area contributed by atoms with Gasteiger partial charge in [-0.2, -0.15) is 5.26 Å². The summed E-state index contributed by atoms with van der Waals surface area (Å²) < 4.78 is 0. The molecule has 3 N–H and O–H groups in total. The fourth-order valence-corrected chi connectivity index (χ4v) is 1.75. The zero-order valence-corrected chi connectivity index (χ0v) is 11.4. The predicted octanol–water partition coefficient (Wildman–Crippen LogP) is 1.69. The van der Waals surface area contributed by atoms with Gasteiger partial charge in [0.25, 0.3) is 0 Å². The van der Waals surface area contributed by atoms with Crippen molar-refractivity contribution in [1.29, 1.82) is 5.26 Å². The van der Waals surface area contributed by atoms with Gasteiger partial charge in [-0.3, -0.25) is 9.69 Å². The van der Waals surface area contributed by atoms with Gasteiger partial charge in [-0.05, 0) is 31.7 Å². The molecular formula is C14H20N4O. The minimum atomic E-state index is -0.0995. The number of carbonyl (C=O) groups excluding carboxylic acids is 1. The number of anilines is 2. The number of benzene rings is 1. The van der Waals surface area contributed by atoms with Crippen LogP contribution in [0.15, 0.2) is 24.3 Å². The molecule has 1 aromatic rings. The van der Waals surface area contributed by atoms with Gasteiger partial charge in [0.05, 0.1) is 18.5 Å². The normalized spacial score (nSPS) is 11.9. The highest BCUT2D eigenvalue weighted by atomic mass is 16.2. The van der Waals surface area contributed by atoms with E-state index in [1.165, 1.54) is 0 Å². The largest absolute Gasteiger partial charge is 0.399 e. The van der Waals surface area contributed by atoms with Crippen LogP contribution in [0.4, 0.5) is 11.4 Å². The molecule has 5 nitrogen and oxygen atoms in total. The van der Waals surface area contributed by atoms with Crippen LogP contribution < -0.4 is 11.1 Å². The molecule has 102 valence electrons. The van der Waals surface area contributed by atoms with Crippen molar-refractivity contribution in [3.05, 3.63) is 24.3 Å². The number of likely N-dealkylation sites (N-methyl/N-ethyl adjacent to an activating group) is 1. The average Bonchev–Trinajstić information content (AvgIpc) is 2.37. The predicted molar refractivity (Wildman–Crippen MR) is 76.4 cm³/mol. The summed E-state index contributed by atoms with van der Waals surface area (Å²) in [6, 6.07) is 9.24. The van der Waals surface area contributed by atoms with Crippen molar-refractivity contribution in [2.24, 2.45) is 5.92 Å². The number of hydrogen-bond acceptors (Lipinski definition) is 4. The van der Waals surface area contributed by atoms with E-state index in [9.17, 15) is 4.79 Å². The molecule has 0 aliphatic rings. The molecule has 19 heavy (non-hydrogen) atoms. The molecule has 0 saturated heterocycles. The van der Waals surface area contributed by atoms with Crippen molar-refractivity contribution < 1.29 is 4.79 Å². The third kappa shape index (κ3) is 5.40. The Labute approximate surface area is 114 Å². The van der Waals surface area contributed by atoms with Gasteiger partial charge in [-0.1, -0.05) is 13.0 Å². The molecular weight excluding hydrogens is 240 g/mol. The summed E-state index contributed by atoms with van der Waals surface area (Å²) in [4.78, 5) is 13.8. The molecule has 5 heteroatoms. The molecule has 1 rings (SSSR count). The monoisotopic (exact) mass is 260 g/mol. The van der Waals surface area contributed by atoms with Crippen LogP contribution in [0.2, 0.25) is 0 Å². The van der Waals surface area contributed by atoms with Crippen molar-refractivity contribution in [3.8, 4) is 6.07 Å². The number of nitriles is 1. The summed E-state index contributed by atoms with van der Waals surface area (Å²) in [5.41, 5.74) is 6.95. The first-order chi connectivity index (χ1) is 9.05. The summed E-state index contributed by atoms with van der Waals surface area (Å²) in [5.74, 6) is -0.183. The van der Waals surface area contributed by atoms with Gasteiger partial charge >= 0.3 is 0 Å². The lowest BCUT2D eigenvalue weighted by molar-refractivity contribution is -0.117. The van der Waals surface area contributed by atoms with E-state index in [4.69, 9.17) is 11.0 Å². The maximum absolute atomic E-state index is 11.9. The number of hydrogen-bond donors (Lipinski definition) is 2. The van der Waals surface area contributed by atoms with Crippen molar-refractivity contribution in [3.63, 3.8) is 0 Å². The molecule has 0 fully saturated rings. The quantitative estimate of drug-likeness (QED) is 0.762. The van der Waals surface area contributed by atoms with Crippen LogP contribution >= 0.6 is 0 Å². The standard InChI is InChI=1S/C14H20N4O/c1-3-18(9-11(2)8-15)10-14(19)17-13-6-4-5-12(16)7-13/h4-7,11H,3,9-10,16H2,1-2H3,(H,17,19). The number of nitrogens with zero attached hydrogens (tertiary/aromatic N) is 2. The van der Waals surface area contributed by atoms with Gasteiger partial charge in [-0.25, -0.2) is 0 Å². The Hall–Kier alpha value is -2.06. The third-order valence-corrected chi connectivity index (χ3v) is 2.74. The summed E-state index contributed by atoms with van der Waals surface area (Å²) >= 11 is 0. The van der Waals surface area contributed by atoms with E-state index in [1.807, 2.05) is 18.7 Å². The van der Waals surface area contributed by atoms with Gasteiger partial charge in [0, 0.05) is 17.9 Å². The summed E-state index contributed by atoms with van der Waals surface area (Å²) in [7, 11) is 0. The van der Waals surface area contributed by atoms with Gasteiger partial charge in [0.1, 0.15) is 0 Å². The molecule has 0 bridgehead atoms. The van der Waals surface area contributed by atoms with Gasteiger partial charge in [0.2, 0.25) is 5.91 Å². The van der Waals surface area contributed by atoms with Crippen LogP contribution in [-0.4, -0.2) is 30.4 Å². The second kappa shape index (κ2) is 7.39. The molecule has 0 radical (unpaired) electrons. The Morgan fingerprint density at radius 3 is 2.89 bits per heavy atom. The lowest BCUT2D eigenvalue weighted by atomic mass is 10.2. The first-order valence-corrected chi connectivity index (χ1v) is 6.32. The summed E-state index contributed by atoms with van der Waals surface area (Å²) in [6.07, 6.45) is 0. The minimum absolute atomic E-state index is 0.0832. The van der Waals surface area contributed by atoms with E-state index in [1.54, 1.807) is 24.3 Å². The SMILES string of the molecule is CCN(CC(=O)Nc1cccc(N)c1)CC(C)C#N. The van der Waals surface area contributed by atoms with Gasteiger partial charge in [-0.15, -0.1) is 0 Å². The Balaban J connectivity index is 2.52. The summed E-state index contributed by atoms with van der Waals surface area (Å²) in [5, 5.41) is 11.6. The molecule has 0 aromatic heterocycles. The number of nitrogens with two attached hydrogens (primary N) is 1. The molecule has 1 aromatic carbocycles. The molecule has 1 unspecified atom stereocenters. The van der Waals surface area contributed by atoms with E-state index in [2.05, 4.69) is 11.4 Å². The zero-order chi connectivity index (χ0) is 14.3. The molecule has 0 saturated carbocycles. The van der Waals surface area contributed by atoms with E-state index in [0.717, 1.165) is 6.54 Å². The molecule has 1 amide bonds. The second-order valence-electron chi connectivity index (χ2n) is 4.53. The van der Waals surface area contributed by atoms with Gasteiger partial charge < -0.3 is 11.1 Å². The van der Waals surface area contributed by atoms with E-state index in [0.29, 0.717) is 17.9 Å². The maximum Gasteiger partial charge on any atom is 0.238 e. The Kier molecular flexibility index (Phi) is 5.83. The van der Waals surface area contributed by atoms with Crippen molar-refractivity contribution in [2.45, 2.75) is 13.8 Å². The molecule has 0 aliphatic heterocycles. The lowest BCUT2D eigenvalue weighted by Crippen LogP contribution is -2.35. The van der Waals surface area contributed by atoms with Crippen molar-refractivity contribution >= 4 is 17.3 Å². The third-order valence-electron chi connectivity index (χ3n) is 2.74. The molecule has 0 heterocycles. The fraction of sp³-hybridized carbons (Fsp3) is 0.429. The highest BCUT2D eigenvalue weighted by Crippen LogP contribution is 2.11. The maximum atomic E-state index is 11.9. The molecule has 0 spiro atoms. The summed E-state index contributed by atoms with van der Waals surface area (Å²) in [6.45, 7) is 5.42. The number of rotatable bonds is 6. The minimum Gasteiger partial charge on any atom is -0.399 e. The number of nitrogen functional groups attached to an aromatic ring is 1. The number of amides is 1. The van der Waals surface area contributed by atoms with Crippen LogP contribution in [0.3, 0.4) is 0 Å². The first kappa shape index (κ1) is 15.0. The highest BCUT2D eigenvalue weighted by Gasteiger charge is 2.12. The Morgan fingerprint density at radius 1 is 1.58 bits per heavy atom. The van der Waals surface area contributed by atoms with Crippen LogP contribution in [0.5, 0.6) is 0 Å². The smallest absolute Gasteiger partial charge is 0.238 e. The Morgan fingerprint density at radius 2 is 2.32 bits per heavy atom. The average molecular weight is 260 g/mol. The fourth-order valence-electron chi connectivity index (χ4n) is 1.75. The number of nitrogens with one attached hydrogen (secondary N) is 1. The van der Waals surface area contributed by atoms with Crippen molar-refractivity contribution in [2.75, 3.05) is 30.7 Å². The van der Waals surface area contributed by atoms with Crippen LogP contribution in [0.25, 0.3) is 0 Å². The Bertz CT molecular complexity index is 467. The van der Waals surface area contributed by atoms with Crippen LogP contribution in [-0.2, 0) is 4.79 Å². The molecule has 1 atom stereocenters. The second-order valence-corrected chi connectivity index (χ2v) is 4.53. The highest BCUT2D eigenvalue weighted by molar-refractivity contribution is 5.92. The van der Waals surface area contributed by atoms with Crippen molar-refractivity contribution in [1.82, 2.24) is 4.90 Å². The molecule has 0 aliphatic carbocycles. The van der Waals surface area contributed by atoms with Gasteiger partial charge in [0.15, 0.2) is 0 Å². The van der Waals surface area contributed by atoms with E-state index < -0.39 is 0 Å². The van der Waals surface area contributed by atoms with E-state index in [-0.39, 0.29) is 18.4 Å². The number of carbonyl (C=O) groups is 1. The lowest BCUT2D eigenvalue weighted by Gasteiger charge is -2.20. The topological polar surface area (TPSA) is 82.2 Å². The van der Waals surface area contributed by atoms with Crippen LogP contribution in [0, 0.1) is 17.2 Å². The zero-order valence-electron chi connectivity index (χ0n) is 11.4. The first-order valence-electron chi connectivity index (χ1n) is 6.32. The van der Waals surface area contributed by atoms with E-state index >= 15 is 0 Å².